The fourth-order valence-electron chi connectivity index (χ4n) is 3.82. The summed E-state index contributed by atoms with van der Waals surface area (Å²) in [5.74, 6) is 0.191. The third-order valence-electron chi connectivity index (χ3n) is 5.78. The van der Waals surface area contributed by atoms with Crippen molar-refractivity contribution in [3.05, 3.63) is 32.2 Å². The molecule has 4 atom stereocenters. The molecule has 4 heterocycles. The van der Waals surface area contributed by atoms with Crippen molar-refractivity contribution in [3.63, 3.8) is 0 Å². The second-order valence-corrected chi connectivity index (χ2v) is 10.3. The molecular weight excluding hydrogens is 428 g/mol. The van der Waals surface area contributed by atoms with Crippen molar-refractivity contribution in [2.75, 3.05) is 13.2 Å². The number of fused-ring (bicyclic) bond motifs is 1. The van der Waals surface area contributed by atoms with Gasteiger partial charge < -0.3 is 18.9 Å². The van der Waals surface area contributed by atoms with E-state index < -0.39 is 36.4 Å². The summed E-state index contributed by atoms with van der Waals surface area (Å²) in [6.45, 7) is 0.436. The number of carbonyl (C=O) groups excluding carboxylic acids is 2. The van der Waals surface area contributed by atoms with Gasteiger partial charge in [0, 0.05) is 11.8 Å². The summed E-state index contributed by atoms with van der Waals surface area (Å²) in [4.78, 5) is 34.6. The predicted octanol–water partition coefficient (Wildman–Crippen LogP) is 2.90. The topological polar surface area (TPSA) is 96.8 Å². The van der Waals surface area contributed by atoms with E-state index in [0.29, 0.717) is 21.6 Å². The molecule has 0 unspecified atom stereocenters. The summed E-state index contributed by atoms with van der Waals surface area (Å²) in [6, 6.07) is 0. The van der Waals surface area contributed by atoms with Crippen LogP contribution < -0.4 is 0 Å². The first-order valence-corrected chi connectivity index (χ1v) is 11.9. The number of hydrogen-bond acceptors (Lipinski definition) is 10. The molecule has 8 nitrogen and oxygen atoms in total. The van der Waals surface area contributed by atoms with Crippen LogP contribution in [0.2, 0.25) is 0 Å². The average molecular weight is 449 g/mol. The second-order valence-electron chi connectivity index (χ2n) is 8.16. The van der Waals surface area contributed by atoms with E-state index in [1.807, 2.05) is 0 Å². The Balaban J connectivity index is 1.06. The minimum absolute atomic E-state index is 0.218. The Morgan fingerprint density at radius 2 is 1.23 bits per heavy atom. The van der Waals surface area contributed by atoms with E-state index >= 15 is 0 Å². The van der Waals surface area contributed by atoms with Crippen LogP contribution in [0.4, 0.5) is 0 Å². The molecule has 4 fully saturated rings. The number of thiazole rings is 2. The van der Waals surface area contributed by atoms with Crippen LogP contribution in [0.25, 0.3) is 0 Å². The van der Waals surface area contributed by atoms with Gasteiger partial charge in [-0.2, -0.15) is 0 Å². The first kappa shape index (κ1) is 18.9. The van der Waals surface area contributed by atoms with Crippen LogP contribution >= 0.6 is 22.7 Å². The number of ether oxygens (including phenoxy) is 4. The summed E-state index contributed by atoms with van der Waals surface area (Å²) in [7, 11) is 0. The summed E-state index contributed by atoms with van der Waals surface area (Å²) < 4.78 is 22.8. The van der Waals surface area contributed by atoms with Gasteiger partial charge in [0.05, 0.1) is 35.6 Å². The lowest BCUT2D eigenvalue weighted by molar-refractivity contribution is -0.0284. The van der Waals surface area contributed by atoms with Gasteiger partial charge in [0.25, 0.3) is 0 Å². The van der Waals surface area contributed by atoms with Gasteiger partial charge in [0.15, 0.2) is 12.2 Å². The second kappa shape index (κ2) is 7.37. The monoisotopic (exact) mass is 448 g/mol. The third kappa shape index (κ3) is 3.55. The van der Waals surface area contributed by atoms with Crippen LogP contribution in [0.3, 0.4) is 0 Å². The molecule has 6 rings (SSSR count). The van der Waals surface area contributed by atoms with Crippen LogP contribution in [0.5, 0.6) is 0 Å². The van der Waals surface area contributed by atoms with E-state index in [9.17, 15) is 9.59 Å². The normalized spacial score (nSPS) is 30.3. The van der Waals surface area contributed by atoms with Crippen molar-refractivity contribution in [2.24, 2.45) is 0 Å². The first-order valence-electron chi connectivity index (χ1n) is 10.2. The van der Waals surface area contributed by atoms with E-state index in [0.717, 1.165) is 35.7 Å². The minimum Gasteiger partial charge on any atom is -0.453 e. The van der Waals surface area contributed by atoms with E-state index in [4.69, 9.17) is 18.9 Å². The molecule has 2 aromatic rings. The molecule has 2 aliphatic carbocycles. The van der Waals surface area contributed by atoms with E-state index in [-0.39, 0.29) is 13.2 Å². The molecule has 2 aliphatic heterocycles. The van der Waals surface area contributed by atoms with Crippen molar-refractivity contribution in [1.29, 1.82) is 0 Å². The standard InChI is InChI=1S/C20H20N2O6S2/c23-19(13-5-21-17(29-13)9-1-2-9)27-11-7-25-16-12(8-26-15(11)16)28-20(24)14-6-22-18(30-14)10-3-4-10/h5-6,9-12,15-16H,1-4,7-8H2/t11-,12+,15-,16-/m1/s1. The molecule has 2 saturated heterocycles. The Kier molecular flexibility index (Phi) is 4.63. The van der Waals surface area contributed by atoms with Crippen LogP contribution in [0, 0.1) is 0 Å². The fourth-order valence-corrected chi connectivity index (χ4v) is 5.76. The molecule has 0 radical (unpaired) electrons. The van der Waals surface area contributed by atoms with Crippen molar-refractivity contribution >= 4 is 34.6 Å². The van der Waals surface area contributed by atoms with Crippen LogP contribution in [-0.4, -0.2) is 59.5 Å². The summed E-state index contributed by atoms with van der Waals surface area (Å²) in [5, 5.41) is 2.00. The zero-order valence-electron chi connectivity index (χ0n) is 16.0. The number of carbonyl (C=O) groups is 2. The highest BCUT2D eigenvalue weighted by atomic mass is 32.1. The fraction of sp³-hybridized carbons (Fsp3) is 0.600. The van der Waals surface area contributed by atoms with Crippen LogP contribution in [0.15, 0.2) is 12.4 Å². The molecule has 0 aromatic carbocycles. The predicted molar refractivity (Wildman–Crippen MR) is 106 cm³/mol. The average Bonchev–Trinajstić information content (AvgIpc) is 3.56. The Hall–Kier alpha value is -1.88. The summed E-state index contributed by atoms with van der Waals surface area (Å²) >= 11 is 2.79. The van der Waals surface area contributed by atoms with Gasteiger partial charge in [-0.1, -0.05) is 0 Å². The molecule has 158 valence electrons. The maximum Gasteiger partial charge on any atom is 0.350 e. The van der Waals surface area contributed by atoms with Gasteiger partial charge in [0.1, 0.15) is 22.0 Å². The maximum atomic E-state index is 12.5. The molecule has 0 spiro atoms. The molecule has 4 aliphatic rings. The molecule has 30 heavy (non-hydrogen) atoms. The van der Waals surface area contributed by atoms with Gasteiger partial charge in [-0.25, -0.2) is 19.6 Å². The number of rotatable bonds is 6. The number of hydrogen-bond donors (Lipinski definition) is 0. The molecule has 0 amide bonds. The molecular formula is C20H20N2O6S2. The highest BCUT2D eigenvalue weighted by Gasteiger charge is 2.51. The molecule has 0 bridgehead atoms. The zero-order valence-corrected chi connectivity index (χ0v) is 17.7. The summed E-state index contributed by atoms with van der Waals surface area (Å²) in [6.07, 6.45) is 5.79. The zero-order chi connectivity index (χ0) is 20.2. The SMILES string of the molecule is O=C(O[C@H]1CO[C@H]2[C@@H]1OC[C@H]2OC(=O)c1cnc(C2CC2)s1)c1cnc(C2CC2)s1. The maximum absolute atomic E-state index is 12.5. The number of aromatic nitrogens is 2. The minimum atomic E-state index is -0.525. The lowest BCUT2D eigenvalue weighted by Crippen LogP contribution is -2.35. The highest BCUT2D eigenvalue weighted by molar-refractivity contribution is 7.14. The van der Waals surface area contributed by atoms with Gasteiger partial charge in [-0.15, -0.1) is 22.7 Å². The van der Waals surface area contributed by atoms with Gasteiger partial charge in [0.2, 0.25) is 0 Å². The molecule has 0 N–H and O–H groups in total. The number of esters is 2. The highest BCUT2D eigenvalue weighted by Crippen LogP contribution is 2.43. The Morgan fingerprint density at radius 1 is 0.800 bits per heavy atom. The quantitative estimate of drug-likeness (QED) is 0.623. The van der Waals surface area contributed by atoms with E-state index in [1.54, 1.807) is 12.4 Å². The van der Waals surface area contributed by atoms with Gasteiger partial charge >= 0.3 is 11.9 Å². The first-order chi connectivity index (χ1) is 14.7. The lowest BCUT2D eigenvalue weighted by Gasteiger charge is -2.16. The summed E-state index contributed by atoms with van der Waals surface area (Å²) in [5.41, 5.74) is 0. The van der Waals surface area contributed by atoms with E-state index in [1.165, 1.54) is 22.7 Å². The third-order valence-corrected chi connectivity index (χ3v) is 8.06. The van der Waals surface area contributed by atoms with Crippen LogP contribution in [0.1, 0.15) is 66.9 Å². The van der Waals surface area contributed by atoms with Crippen molar-refractivity contribution in [1.82, 2.24) is 9.97 Å². The Labute approximate surface area is 180 Å². The smallest absolute Gasteiger partial charge is 0.350 e. The van der Waals surface area contributed by atoms with E-state index in [2.05, 4.69) is 9.97 Å². The molecule has 2 aromatic heterocycles. The molecule has 2 saturated carbocycles. The Morgan fingerprint density at radius 3 is 1.63 bits per heavy atom. The number of nitrogens with zero attached hydrogens (tertiary/aromatic N) is 2. The lowest BCUT2D eigenvalue weighted by atomic mass is 10.1. The van der Waals surface area contributed by atoms with Gasteiger partial charge in [-0.05, 0) is 25.7 Å². The van der Waals surface area contributed by atoms with Gasteiger partial charge in [-0.3, -0.25) is 0 Å². The van der Waals surface area contributed by atoms with Crippen molar-refractivity contribution < 1.29 is 28.5 Å². The van der Waals surface area contributed by atoms with Crippen LogP contribution in [-0.2, 0) is 18.9 Å². The molecule has 10 heteroatoms. The Bertz CT molecular complexity index is 903. The van der Waals surface area contributed by atoms with Crippen molar-refractivity contribution in [3.8, 4) is 0 Å². The van der Waals surface area contributed by atoms with Crippen molar-refractivity contribution in [2.45, 2.75) is 61.9 Å². The largest absolute Gasteiger partial charge is 0.453 e.